The Morgan fingerprint density at radius 3 is 3.18 bits per heavy atom. The van der Waals surface area contributed by atoms with Gasteiger partial charge in [-0.05, 0) is 25.0 Å². The molecule has 56 valence electrons. The highest BCUT2D eigenvalue weighted by atomic mass is 14.7. The zero-order chi connectivity index (χ0) is 7.68. The summed E-state index contributed by atoms with van der Waals surface area (Å²) < 4.78 is 0. The van der Waals surface area contributed by atoms with Crippen molar-refractivity contribution in [3.63, 3.8) is 0 Å². The predicted octanol–water partition coefficient (Wildman–Crippen LogP) is -0.277. The summed E-state index contributed by atoms with van der Waals surface area (Å²) in [6, 6.07) is 3.94. The largest absolute Gasteiger partial charge is 0.401 e. The normalized spacial score (nSPS) is 15.5. The maximum Gasteiger partial charge on any atom is 0.0679 e. The van der Waals surface area contributed by atoms with E-state index in [2.05, 4.69) is 11.1 Å². The Kier molecular flexibility index (Phi) is 1.39. The Bertz CT molecular complexity index is 379. The number of nitrogens with two attached hydrogens (primary N) is 1. The number of aromatic nitrogens is 1. The molecule has 0 unspecified atom stereocenters. The quantitative estimate of drug-likeness (QED) is 0.547. The van der Waals surface area contributed by atoms with Crippen LogP contribution in [0.2, 0.25) is 0 Å². The number of fused-ring (bicyclic) bond motifs is 1. The molecule has 2 heteroatoms. The Labute approximate surface area is 65.1 Å². The van der Waals surface area contributed by atoms with Gasteiger partial charge in [0.2, 0.25) is 0 Å². The van der Waals surface area contributed by atoms with Crippen LogP contribution in [-0.4, -0.2) is 4.98 Å². The predicted molar refractivity (Wildman–Crippen MR) is 44.8 cm³/mol. The van der Waals surface area contributed by atoms with Crippen molar-refractivity contribution in [1.82, 2.24) is 4.98 Å². The first-order valence-electron chi connectivity index (χ1n) is 3.78. The zero-order valence-electron chi connectivity index (χ0n) is 6.25. The monoisotopic (exact) mass is 146 g/mol. The van der Waals surface area contributed by atoms with Gasteiger partial charge in [-0.1, -0.05) is 6.08 Å². The highest BCUT2D eigenvalue weighted by molar-refractivity contribution is 5.46. The van der Waals surface area contributed by atoms with E-state index in [1.54, 1.807) is 6.20 Å². The van der Waals surface area contributed by atoms with Gasteiger partial charge in [0, 0.05) is 17.1 Å². The molecule has 0 saturated heterocycles. The zero-order valence-corrected chi connectivity index (χ0v) is 6.25. The van der Waals surface area contributed by atoms with Gasteiger partial charge < -0.3 is 5.73 Å². The van der Waals surface area contributed by atoms with E-state index in [9.17, 15) is 0 Å². The third-order valence-electron chi connectivity index (χ3n) is 1.94. The van der Waals surface area contributed by atoms with Crippen LogP contribution in [0.3, 0.4) is 0 Å². The molecular formula is C9H10N2. The van der Waals surface area contributed by atoms with E-state index in [1.807, 2.05) is 12.1 Å². The fourth-order valence-corrected chi connectivity index (χ4v) is 1.35. The molecule has 0 aliphatic heterocycles. The van der Waals surface area contributed by atoms with Crippen LogP contribution < -0.4 is 16.3 Å². The van der Waals surface area contributed by atoms with Crippen LogP contribution in [-0.2, 0) is 0 Å². The van der Waals surface area contributed by atoms with Gasteiger partial charge in [-0.25, -0.2) is 0 Å². The Hall–Kier alpha value is -1.31. The molecule has 2 rings (SSSR count). The summed E-state index contributed by atoms with van der Waals surface area (Å²) in [5.74, 6) is 0. The SMILES string of the molecule is NC1=c2cccnc2=CCC1. The molecule has 1 aromatic rings. The molecule has 11 heavy (non-hydrogen) atoms. The van der Waals surface area contributed by atoms with Crippen molar-refractivity contribution in [2.45, 2.75) is 12.8 Å². The van der Waals surface area contributed by atoms with Gasteiger partial charge in [0.25, 0.3) is 0 Å². The van der Waals surface area contributed by atoms with E-state index in [0.29, 0.717) is 0 Å². The Balaban J connectivity index is 2.89. The molecule has 0 bridgehead atoms. The van der Waals surface area contributed by atoms with Crippen molar-refractivity contribution in [1.29, 1.82) is 0 Å². The van der Waals surface area contributed by atoms with Crippen LogP contribution in [0.15, 0.2) is 18.3 Å². The first kappa shape index (κ1) is 6.40. The van der Waals surface area contributed by atoms with Crippen LogP contribution >= 0.6 is 0 Å². The minimum Gasteiger partial charge on any atom is -0.401 e. The number of hydrogen-bond donors (Lipinski definition) is 1. The van der Waals surface area contributed by atoms with E-state index in [4.69, 9.17) is 5.73 Å². The molecule has 1 aromatic heterocycles. The van der Waals surface area contributed by atoms with Crippen molar-refractivity contribution in [3.05, 3.63) is 28.9 Å². The van der Waals surface area contributed by atoms with Crippen molar-refractivity contribution in [3.8, 4) is 0 Å². The lowest BCUT2D eigenvalue weighted by Gasteiger charge is -2.03. The molecule has 1 aliphatic rings. The van der Waals surface area contributed by atoms with E-state index in [0.717, 1.165) is 29.1 Å². The maximum atomic E-state index is 5.80. The van der Waals surface area contributed by atoms with E-state index in [-0.39, 0.29) is 0 Å². The van der Waals surface area contributed by atoms with Crippen LogP contribution in [0.4, 0.5) is 0 Å². The molecule has 0 aromatic carbocycles. The minimum absolute atomic E-state index is 0.968. The van der Waals surface area contributed by atoms with Crippen molar-refractivity contribution >= 4 is 11.8 Å². The maximum absolute atomic E-state index is 5.80. The van der Waals surface area contributed by atoms with Gasteiger partial charge in [0.05, 0.1) is 5.35 Å². The van der Waals surface area contributed by atoms with Crippen molar-refractivity contribution in [2.24, 2.45) is 5.73 Å². The summed E-state index contributed by atoms with van der Waals surface area (Å²) >= 11 is 0. The van der Waals surface area contributed by atoms with Gasteiger partial charge in [-0.15, -0.1) is 0 Å². The smallest absolute Gasteiger partial charge is 0.0679 e. The average molecular weight is 146 g/mol. The second-order valence-corrected chi connectivity index (χ2v) is 2.70. The van der Waals surface area contributed by atoms with Crippen LogP contribution in [0.5, 0.6) is 0 Å². The van der Waals surface area contributed by atoms with Gasteiger partial charge >= 0.3 is 0 Å². The molecule has 0 saturated carbocycles. The molecule has 0 radical (unpaired) electrons. The summed E-state index contributed by atoms with van der Waals surface area (Å²) in [7, 11) is 0. The van der Waals surface area contributed by atoms with Crippen LogP contribution in [0, 0.1) is 0 Å². The minimum atomic E-state index is 0.968. The van der Waals surface area contributed by atoms with Gasteiger partial charge in [0.15, 0.2) is 0 Å². The lowest BCUT2D eigenvalue weighted by atomic mass is 10.1. The molecule has 0 amide bonds. The summed E-state index contributed by atoms with van der Waals surface area (Å²) in [5.41, 5.74) is 6.77. The van der Waals surface area contributed by atoms with Gasteiger partial charge in [-0.3, -0.25) is 4.98 Å². The molecule has 0 fully saturated rings. The average Bonchev–Trinajstić information content (AvgIpc) is 2.06. The summed E-state index contributed by atoms with van der Waals surface area (Å²) in [5, 5.41) is 2.15. The van der Waals surface area contributed by atoms with E-state index in [1.165, 1.54) is 0 Å². The van der Waals surface area contributed by atoms with E-state index >= 15 is 0 Å². The lowest BCUT2D eigenvalue weighted by molar-refractivity contribution is 1.02. The molecule has 2 N–H and O–H groups in total. The number of hydrogen-bond acceptors (Lipinski definition) is 2. The first-order chi connectivity index (χ1) is 5.38. The van der Waals surface area contributed by atoms with Crippen LogP contribution in [0.25, 0.3) is 11.8 Å². The second-order valence-electron chi connectivity index (χ2n) is 2.70. The fourth-order valence-electron chi connectivity index (χ4n) is 1.35. The molecule has 2 nitrogen and oxygen atoms in total. The number of nitrogens with zero attached hydrogens (tertiary/aromatic N) is 1. The lowest BCUT2D eigenvalue weighted by Crippen LogP contribution is -2.34. The Morgan fingerprint density at radius 2 is 2.36 bits per heavy atom. The van der Waals surface area contributed by atoms with Gasteiger partial charge in [-0.2, -0.15) is 0 Å². The molecular weight excluding hydrogens is 136 g/mol. The van der Waals surface area contributed by atoms with Crippen LogP contribution in [0.1, 0.15) is 12.8 Å². The third kappa shape index (κ3) is 1.00. The highest BCUT2D eigenvalue weighted by Gasteiger charge is 1.98. The highest BCUT2D eigenvalue weighted by Crippen LogP contribution is 1.99. The summed E-state index contributed by atoms with van der Waals surface area (Å²) in [4.78, 5) is 4.21. The third-order valence-corrected chi connectivity index (χ3v) is 1.94. The first-order valence-corrected chi connectivity index (χ1v) is 3.78. The molecule has 0 spiro atoms. The number of rotatable bonds is 0. The van der Waals surface area contributed by atoms with E-state index < -0.39 is 0 Å². The Morgan fingerprint density at radius 1 is 1.45 bits per heavy atom. The molecule has 0 atom stereocenters. The molecule has 1 heterocycles. The summed E-state index contributed by atoms with van der Waals surface area (Å²) in [6.45, 7) is 0. The van der Waals surface area contributed by atoms with Crippen molar-refractivity contribution < 1.29 is 0 Å². The topological polar surface area (TPSA) is 38.9 Å². The second kappa shape index (κ2) is 2.38. The number of pyridine rings is 1. The fraction of sp³-hybridized carbons (Fsp3) is 0.222. The molecule has 1 aliphatic carbocycles. The standard InChI is InChI=1S/C9H10N2/c10-8-4-1-5-9-7(8)3-2-6-11-9/h2-3,5-6H,1,4,10H2. The summed E-state index contributed by atoms with van der Waals surface area (Å²) in [6.07, 6.45) is 5.92. The van der Waals surface area contributed by atoms with Gasteiger partial charge in [0.1, 0.15) is 0 Å². The van der Waals surface area contributed by atoms with Crippen molar-refractivity contribution in [2.75, 3.05) is 0 Å².